The van der Waals surface area contributed by atoms with Gasteiger partial charge >= 0.3 is 0 Å². The van der Waals surface area contributed by atoms with Crippen molar-refractivity contribution < 1.29 is 0 Å². The highest BCUT2D eigenvalue weighted by Crippen LogP contribution is 2.39. The molecule has 184 valence electrons. The molecule has 1 aromatic heterocycles. The van der Waals surface area contributed by atoms with Crippen molar-refractivity contribution in [2.24, 2.45) is 0 Å². The van der Waals surface area contributed by atoms with Gasteiger partial charge in [0.15, 0.2) is 0 Å². The number of hydrogen-bond donors (Lipinski definition) is 0. The average molecular weight is 490 g/mol. The topological polar surface area (TPSA) is 54.0 Å². The van der Waals surface area contributed by atoms with Gasteiger partial charge in [-0.05, 0) is 56.7 Å². The van der Waals surface area contributed by atoms with Crippen LogP contribution in [0.1, 0.15) is 30.0 Å². The Kier molecular flexibility index (Phi) is 8.51. The fraction of sp³-hybridized carbons (Fsp3) is 0.519. The smallest absolute Gasteiger partial charge is 0.232 e. The Balaban J connectivity index is 1.56. The van der Waals surface area contributed by atoms with Gasteiger partial charge in [-0.15, -0.1) is 11.8 Å². The Morgan fingerprint density at radius 1 is 0.971 bits per heavy atom. The zero-order chi connectivity index (χ0) is 24.8. The van der Waals surface area contributed by atoms with Gasteiger partial charge < -0.3 is 19.6 Å². The number of pyridine rings is 1. The van der Waals surface area contributed by atoms with Crippen LogP contribution in [0.25, 0.3) is 4.85 Å². The molecule has 1 aromatic carbocycles. The number of piperazine rings is 1. The molecule has 2 aliphatic heterocycles. The maximum absolute atomic E-state index is 9.99. The first-order valence-electron chi connectivity index (χ1n) is 12.5. The largest absolute Gasteiger partial charge is 0.369 e. The quantitative estimate of drug-likeness (QED) is 0.444. The van der Waals surface area contributed by atoms with Crippen LogP contribution in [0.4, 0.5) is 17.2 Å². The lowest BCUT2D eigenvalue weighted by Gasteiger charge is -2.34. The summed E-state index contributed by atoms with van der Waals surface area (Å²) in [5.74, 6) is 1.49. The van der Waals surface area contributed by atoms with E-state index < -0.39 is 0 Å². The van der Waals surface area contributed by atoms with E-state index in [2.05, 4.69) is 68.9 Å². The predicted octanol–water partition coefficient (Wildman–Crippen LogP) is 4.25. The molecule has 0 spiro atoms. The second kappa shape index (κ2) is 11.8. The summed E-state index contributed by atoms with van der Waals surface area (Å²) in [5, 5.41) is 10.7. The van der Waals surface area contributed by atoms with Gasteiger partial charge in [-0.25, -0.2) is 9.83 Å². The number of nitrogens with zero attached hydrogens (tertiary/aromatic N) is 7. The predicted molar refractivity (Wildman–Crippen MR) is 145 cm³/mol. The summed E-state index contributed by atoms with van der Waals surface area (Å²) in [6, 6.07) is 11.2. The lowest BCUT2D eigenvalue weighted by atomic mass is 10.1. The summed E-state index contributed by atoms with van der Waals surface area (Å²) >= 11 is 1.61. The number of anilines is 2. The molecule has 0 N–H and O–H groups in total. The number of benzene rings is 1. The van der Waals surface area contributed by atoms with Crippen LogP contribution in [-0.4, -0.2) is 81.2 Å². The third-order valence-electron chi connectivity index (χ3n) is 7.00. The summed E-state index contributed by atoms with van der Waals surface area (Å²) in [4.78, 5) is 18.2. The molecule has 0 unspecified atom stereocenters. The van der Waals surface area contributed by atoms with Crippen molar-refractivity contribution in [1.82, 2.24) is 14.8 Å². The minimum atomic E-state index is 0.550. The Bertz CT molecular complexity index is 1090. The van der Waals surface area contributed by atoms with Crippen LogP contribution < -0.4 is 9.80 Å². The normalized spacial score (nSPS) is 17.6. The van der Waals surface area contributed by atoms with Crippen molar-refractivity contribution >= 4 is 29.0 Å². The van der Waals surface area contributed by atoms with Crippen LogP contribution in [0, 0.1) is 17.9 Å². The second-order valence-electron chi connectivity index (χ2n) is 9.41. The first-order valence-corrected chi connectivity index (χ1v) is 13.5. The Hall–Kier alpha value is -2.78. The van der Waals surface area contributed by atoms with Crippen LogP contribution in [0.2, 0.25) is 0 Å². The molecule has 0 saturated carbocycles. The zero-order valence-corrected chi connectivity index (χ0v) is 21.9. The molecular formula is C27H35N7S. The summed E-state index contributed by atoms with van der Waals surface area (Å²) in [6.07, 6.45) is 1.69. The van der Waals surface area contributed by atoms with E-state index >= 15 is 0 Å². The van der Waals surface area contributed by atoms with Gasteiger partial charge in [-0.1, -0.05) is 19.1 Å². The lowest BCUT2D eigenvalue weighted by Crippen LogP contribution is -2.44. The van der Waals surface area contributed by atoms with Crippen molar-refractivity contribution in [2.75, 3.05) is 76.3 Å². The molecule has 0 amide bonds. The van der Waals surface area contributed by atoms with Crippen molar-refractivity contribution in [2.45, 2.75) is 30.5 Å². The van der Waals surface area contributed by atoms with Crippen molar-refractivity contribution in [3.8, 4) is 6.07 Å². The van der Waals surface area contributed by atoms with Crippen molar-refractivity contribution in [1.29, 1.82) is 5.26 Å². The molecule has 0 aliphatic carbocycles. The minimum absolute atomic E-state index is 0.550. The highest BCUT2D eigenvalue weighted by atomic mass is 32.2. The van der Waals surface area contributed by atoms with E-state index in [1.807, 2.05) is 6.92 Å². The standard InChI is InChI=1S/C27H35N7S/c1-5-23-24(19-28)27(30-26(25(23)29-2)34-12-6-11-31(3)15-18-34)35-20-21-7-9-22(10-8-21)33-16-13-32(4)14-17-33/h7-10H,5-6,11-18,20H2,1,3-4H3. The average Bonchev–Trinajstić information content (AvgIpc) is 3.11. The summed E-state index contributed by atoms with van der Waals surface area (Å²) < 4.78 is 0. The molecule has 0 atom stereocenters. The molecule has 0 radical (unpaired) electrons. The van der Waals surface area contributed by atoms with Crippen LogP contribution >= 0.6 is 11.8 Å². The fourth-order valence-corrected chi connectivity index (χ4v) is 5.73. The van der Waals surface area contributed by atoms with Gasteiger partial charge in [0.25, 0.3) is 0 Å². The first-order chi connectivity index (χ1) is 17.0. The molecule has 3 heterocycles. The van der Waals surface area contributed by atoms with Gasteiger partial charge in [-0.2, -0.15) is 5.26 Å². The molecule has 2 aromatic rings. The molecule has 7 nitrogen and oxygen atoms in total. The first kappa shape index (κ1) is 25.3. The number of thioether (sulfide) groups is 1. The molecule has 35 heavy (non-hydrogen) atoms. The highest BCUT2D eigenvalue weighted by Gasteiger charge is 2.24. The van der Waals surface area contributed by atoms with Crippen LogP contribution in [0.15, 0.2) is 29.3 Å². The third-order valence-corrected chi connectivity index (χ3v) is 8.04. The second-order valence-corrected chi connectivity index (χ2v) is 10.4. The van der Waals surface area contributed by atoms with Gasteiger partial charge in [0.1, 0.15) is 16.9 Å². The molecular weight excluding hydrogens is 454 g/mol. The minimum Gasteiger partial charge on any atom is -0.369 e. The third kappa shape index (κ3) is 5.90. The van der Waals surface area contributed by atoms with Gasteiger partial charge in [0.2, 0.25) is 5.69 Å². The SMILES string of the molecule is [C-]#[N+]c1c(N2CCCN(C)CC2)nc(SCc2ccc(N3CCN(C)CC3)cc2)c(C#N)c1CC. The zero-order valence-electron chi connectivity index (χ0n) is 21.1. The van der Waals surface area contributed by atoms with Gasteiger partial charge in [-0.3, -0.25) is 0 Å². The Labute approximate surface area is 214 Å². The number of hydrogen-bond acceptors (Lipinski definition) is 7. The van der Waals surface area contributed by atoms with Gasteiger partial charge in [0.05, 0.1) is 12.1 Å². The Morgan fingerprint density at radius 3 is 2.26 bits per heavy atom. The fourth-order valence-electron chi connectivity index (χ4n) is 4.77. The molecule has 4 rings (SSSR count). The molecule has 8 heteroatoms. The van der Waals surface area contributed by atoms with Gasteiger partial charge in [0, 0.05) is 57.3 Å². The highest BCUT2D eigenvalue weighted by molar-refractivity contribution is 7.98. The number of aromatic nitrogens is 1. The van der Waals surface area contributed by atoms with E-state index in [1.165, 1.54) is 11.3 Å². The van der Waals surface area contributed by atoms with E-state index in [9.17, 15) is 5.26 Å². The molecule has 0 bridgehead atoms. The number of likely N-dealkylation sites (N-methyl/N-ethyl adjacent to an activating group) is 2. The monoisotopic (exact) mass is 489 g/mol. The van der Waals surface area contributed by atoms with Crippen molar-refractivity contribution in [3.63, 3.8) is 0 Å². The van der Waals surface area contributed by atoms with E-state index in [4.69, 9.17) is 11.6 Å². The van der Waals surface area contributed by atoms with Crippen molar-refractivity contribution in [3.05, 3.63) is 52.4 Å². The lowest BCUT2D eigenvalue weighted by molar-refractivity contribution is 0.313. The molecule has 2 saturated heterocycles. The van der Waals surface area contributed by atoms with E-state index in [1.54, 1.807) is 11.8 Å². The van der Waals surface area contributed by atoms with Crippen LogP contribution in [-0.2, 0) is 12.2 Å². The summed E-state index contributed by atoms with van der Waals surface area (Å²) in [7, 11) is 4.31. The van der Waals surface area contributed by atoms with E-state index in [0.29, 0.717) is 17.7 Å². The van der Waals surface area contributed by atoms with Crippen LogP contribution in [0.3, 0.4) is 0 Å². The number of rotatable bonds is 6. The van der Waals surface area contributed by atoms with E-state index in [0.717, 1.165) is 80.9 Å². The number of nitriles is 1. The Morgan fingerprint density at radius 2 is 1.63 bits per heavy atom. The van der Waals surface area contributed by atoms with Crippen LogP contribution in [0.5, 0.6) is 0 Å². The summed E-state index contributed by atoms with van der Waals surface area (Å²) in [6.45, 7) is 17.9. The maximum Gasteiger partial charge on any atom is 0.232 e. The molecule has 2 fully saturated rings. The maximum atomic E-state index is 9.99. The summed E-state index contributed by atoms with van der Waals surface area (Å²) in [5.41, 5.74) is 4.43. The van der Waals surface area contributed by atoms with E-state index in [-0.39, 0.29) is 0 Å². The molecule has 2 aliphatic rings.